The molecule has 0 amide bonds. The fourth-order valence-corrected chi connectivity index (χ4v) is 8.88. The van der Waals surface area contributed by atoms with Gasteiger partial charge in [0.1, 0.15) is 5.75 Å². The monoisotopic (exact) mass is 500 g/mol. The molecule has 4 nitrogen and oxygen atoms in total. The van der Waals surface area contributed by atoms with Crippen LogP contribution in [0.25, 0.3) is 0 Å². The molecule has 0 bridgehead atoms. The SMILES string of the molecule is COc1ccc(COCCC#CC(=O)CCO[Si](c2ccccc2)(c2ccccc2)C(C)(C)C)cc1. The quantitative estimate of drug-likeness (QED) is 0.158. The summed E-state index contributed by atoms with van der Waals surface area (Å²) in [5, 5.41) is 2.29. The van der Waals surface area contributed by atoms with E-state index < -0.39 is 8.32 Å². The normalized spacial score (nSPS) is 11.4. The van der Waals surface area contributed by atoms with Crippen molar-refractivity contribution in [3.05, 3.63) is 90.5 Å². The van der Waals surface area contributed by atoms with E-state index in [0.717, 1.165) is 11.3 Å². The van der Waals surface area contributed by atoms with Crippen molar-refractivity contribution in [2.24, 2.45) is 0 Å². The van der Waals surface area contributed by atoms with Gasteiger partial charge in [0.05, 0.1) is 20.3 Å². The smallest absolute Gasteiger partial charge is 0.261 e. The summed E-state index contributed by atoms with van der Waals surface area (Å²) >= 11 is 0. The van der Waals surface area contributed by atoms with Crippen molar-refractivity contribution in [3.63, 3.8) is 0 Å². The summed E-state index contributed by atoms with van der Waals surface area (Å²) in [6, 6.07) is 28.6. The summed E-state index contributed by atoms with van der Waals surface area (Å²) in [5.41, 5.74) is 1.07. The van der Waals surface area contributed by atoms with Gasteiger partial charge in [-0.1, -0.05) is 99.5 Å². The Kier molecular flexibility index (Phi) is 10.1. The molecule has 0 spiro atoms. The van der Waals surface area contributed by atoms with Gasteiger partial charge in [-0.2, -0.15) is 0 Å². The van der Waals surface area contributed by atoms with E-state index in [-0.39, 0.29) is 17.2 Å². The molecule has 0 atom stereocenters. The van der Waals surface area contributed by atoms with Crippen molar-refractivity contribution in [3.8, 4) is 17.6 Å². The zero-order chi connectivity index (χ0) is 25.9. The molecular weight excluding hydrogens is 464 g/mol. The molecule has 0 unspecified atom stereocenters. The molecule has 5 heteroatoms. The minimum atomic E-state index is -2.63. The van der Waals surface area contributed by atoms with Gasteiger partial charge in [0.15, 0.2) is 0 Å². The third-order valence-electron chi connectivity index (χ3n) is 6.09. The summed E-state index contributed by atoms with van der Waals surface area (Å²) in [4.78, 5) is 12.5. The molecule has 0 saturated heterocycles. The predicted octanol–water partition coefficient (Wildman–Crippen LogP) is 5.14. The zero-order valence-electron chi connectivity index (χ0n) is 21.8. The van der Waals surface area contributed by atoms with E-state index in [4.69, 9.17) is 13.9 Å². The second-order valence-electron chi connectivity index (χ2n) is 9.64. The molecule has 0 radical (unpaired) electrons. The second kappa shape index (κ2) is 13.2. The first-order chi connectivity index (χ1) is 17.4. The van der Waals surface area contributed by atoms with E-state index in [9.17, 15) is 4.79 Å². The summed E-state index contributed by atoms with van der Waals surface area (Å²) in [6.45, 7) is 8.01. The Morgan fingerprint density at radius 3 is 1.94 bits per heavy atom. The highest BCUT2D eigenvalue weighted by molar-refractivity contribution is 6.99. The molecular formula is C31H36O4Si. The van der Waals surface area contributed by atoms with Gasteiger partial charge in [-0.05, 0) is 39.0 Å². The number of hydrogen-bond donors (Lipinski definition) is 0. The van der Waals surface area contributed by atoms with E-state index in [1.807, 2.05) is 36.4 Å². The Labute approximate surface area is 216 Å². The van der Waals surface area contributed by atoms with Crippen molar-refractivity contribution in [1.29, 1.82) is 0 Å². The largest absolute Gasteiger partial charge is 0.497 e. The molecule has 188 valence electrons. The second-order valence-corrected chi connectivity index (χ2v) is 13.9. The molecule has 3 aromatic carbocycles. The maximum atomic E-state index is 12.5. The van der Waals surface area contributed by atoms with Crippen LogP contribution in [0.1, 0.15) is 39.2 Å². The summed E-state index contributed by atoms with van der Waals surface area (Å²) in [5.74, 6) is 6.41. The summed E-state index contributed by atoms with van der Waals surface area (Å²) < 4.78 is 17.6. The average Bonchev–Trinajstić information content (AvgIpc) is 2.89. The van der Waals surface area contributed by atoms with Crippen LogP contribution in [-0.2, 0) is 20.6 Å². The number of hydrogen-bond acceptors (Lipinski definition) is 4. The first-order valence-corrected chi connectivity index (χ1v) is 14.2. The molecule has 0 aliphatic rings. The summed E-state index contributed by atoms with van der Waals surface area (Å²) in [6.07, 6.45) is 0.779. The Balaban J connectivity index is 1.56. The van der Waals surface area contributed by atoms with Gasteiger partial charge in [-0.25, -0.2) is 0 Å². The van der Waals surface area contributed by atoms with E-state index in [0.29, 0.717) is 26.2 Å². The number of ether oxygens (including phenoxy) is 2. The highest BCUT2D eigenvalue weighted by atomic mass is 28.4. The highest BCUT2D eigenvalue weighted by Crippen LogP contribution is 2.36. The van der Waals surface area contributed by atoms with Gasteiger partial charge in [0.25, 0.3) is 8.32 Å². The van der Waals surface area contributed by atoms with Crippen molar-refractivity contribution in [2.75, 3.05) is 20.3 Å². The highest BCUT2D eigenvalue weighted by Gasteiger charge is 2.50. The van der Waals surface area contributed by atoms with Crippen molar-refractivity contribution >= 4 is 24.5 Å². The lowest BCUT2D eigenvalue weighted by Crippen LogP contribution is -2.66. The van der Waals surface area contributed by atoms with E-state index in [1.165, 1.54) is 10.4 Å². The fraction of sp³-hybridized carbons (Fsp3) is 0.323. The lowest BCUT2D eigenvalue weighted by molar-refractivity contribution is -0.114. The number of carbonyl (C=O) groups excluding carboxylic acids is 1. The Bertz CT molecular complexity index is 1100. The molecule has 0 N–H and O–H groups in total. The number of Topliss-reactive ketones (excluding diaryl/α,β-unsaturated/α-hetero) is 1. The predicted molar refractivity (Wildman–Crippen MR) is 148 cm³/mol. The van der Waals surface area contributed by atoms with Crippen LogP contribution in [0.5, 0.6) is 5.75 Å². The van der Waals surface area contributed by atoms with Crippen LogP contribution in [-0.4, -0.2) is 34.4 Å². The van der Waals surface area contributed by atoms with Gasteiger partial charge in [0.2, 0.25) is 5.78 Å². The lowest BCUT2D eigenvalue weighted by Gasteiger charge is -2.43. The maximum Gasteiger partial charge on any atom is 0.261 e. The minimum Gasteiger partial charge on any atom is -0.497 e. The molecule has 3 aromatic rings. The third kappa shape index (κ3) is 7.17. The fourth-order valence-electron chi connectivity index (χ4n) is 4.32. The Hall–Kier alpha value is -3.17. The van der Waals surface area contributed by atoms with Crippen LogP contribution < -0.4 is 15.1 Å². The van der Waals surface area contributed by atoms with Crippen LogP contribution >= 0.6 is 0 Å². The molecule has 0 aromatic heterocycles. The van der Waals surface area contributed by atoms with Crippen molar-refractivity contribution < 1.29 is 18.7 Å². The van der Waals surface area contributed by atoms with Crippen LogP contribution in [0.2, 0.25) is 5.04 Å². The molecule has 0 fully saturated rings. The molecule has 0 heterocycles. The first-order valence-electron chi connectivity index (χ1n) is 12.3. The number of ketones is 1. The summed E-state index contributed by atoms with van der Waals surface area (Å²) in [7, 11) is -0.986. The number of benzene rings is 3. The van der Waals surface area contributed by atoms with Crippen molar-refractivity contribution in [2.45, 2.75) is 45.3 Å². The number of rotatable bonds is 11. The van der Waals surface area contributed by atoms with Gasteiger partial charge in [0, 0.05) is 19.4 Å². The molecule has 36 heavy (non-hydrogen) atoms. The van der Waals surface area contributed by atoms with Crippen LogP contribution in [0.15, 0.2) is 84.9 Å². The number of methoxy groups -OCH3 is 1. The van der Waals surface area contributed by atoms with Crippen LogP contribution in [0.3, 0.4) is 0 Å². The van der Waals surface area contributed by atoms with Crippen molar-refractivity contribution in [1.82, 2.24) is 0 Å². The Morgan fingerprint density at radius 2 is 1.42 bits per heavy atom. The van der Waals surface area contributed by atoms with E-state index in [1.54, 1.807) is 7.11 Å². The Morgan fingerprint density at radius 1 is 0.833 bits per heavy atom. The molecule has 0 aliphatic heterocycles. The van der Waals surface area contributed by atoms with E-state index >= 15 is 0 Å². The molecule has 0 saturated carbocycles. The van der Waals surface area contributed by atoms with Gasteiger partial charge >= 0.3 is 0 Å². The standard InChI is InChI=1S/C31H36O4Si/c1-31(2,3)36(29-14-7-5-8-15-29,30-16-9-6-10-17-30)35-24-22-27(32)13-11-12-23-34-25-26-18-20-28(33-4)21-19-26/h5-10,14-21H,12,22-25H2,1-4H3. The molecule has 3 rings (SSSR count). The van der Waals surface area contributed by atoms with Gasteiger partial charge < -0.3 is 13.9 Å². The van der Waals surface area contributed by atoms with Gasteiger partial charge in [-0.15, -0.1) is 0 Å². The topological polar surface area (TPSA) is 44.8 Å². The van der Waals surface area contributed by atoms with Crippen LogP contribution in [0.4, 0.5) is 0 Å². The maximum absolute atomic E-state index is 12.5. The van der Waals surface area contributed by atoms with Crippen LogP contribution in [0, 0.1) is 11.8 Å². The third-order valence-corrected chi connectivity index (χ3v) is 11.1. The number of carbonyl (C=O) groups is 1. The zero-order valence-corrected chi connectivity index (χ0v) is 22.8. The van der Waals surface area contributed by atoms with Gasteiger partial charge in [-0.3, -0.25) is 4.79 Å². The van der Waals surface area contributed by atoms with E-state index in [2.05, 4.69) is 81.1 Å². The first kappa shape index (κ1) is 27.4. The minimum absolute atomic E-state index is 0.108. The molecule has 0 aliphatic carbocycles. The lowest BCUT2D eigenvalue weighted by atomic mass is 10.2. The average molecular weight is 501 g/mol.